The summed E-state index contributed by atoms with van der Waals surface area (Å²) < 4.78 is 0. The Kier molecular flexibility index (Phi) is 5.70. The molecule has 0 aliphatic rings. The lowest BCUT2D eigenvalue weighted by atomic mass is 10.2. The lowest BCUT2D eigenvalue weighted by Crippen LogP contribution is -2.24. The van der Waals surface area contributed by atoms with Gasteiger partial charge in [-0.1, -0.05) is 25.1 Å². The van der Waals surface area contributed by atoms with E-state index < -0.39 is 11.2 Å². The second-order valence-corrected chi connectivity index (χ2v) is 3.77. The molecule has 0 heterocycles. The van der Waals surface area contributed by atoms with Crippen LogP contribution in [0, 0.1) is 5.41 Å². The van der Waals surface area contributed by atoms with Gasteiger partial charge in [0, 0.05) is 0 Å². The minimum absolute atomic E-state index is 0.175. The summed E-state index contributed by atoms with van der Waals surface area (Å²) in [5.74, 6) is -1.18. The second kappa shape index (κ2) is 6.25. The van der Waals surface area contributed by atoms with Crippen molar-refractivity contribution in [2.24, 2.45) is 16.5 Å². The first kappa shape index (κ1) is 12.8. The van der Waals surface area contributed by atoms with Crippen LogP contribution in [0.5, 0.6) is 0 Å². The van der Waals surface area contributed by atoms with E-state index in [4.69, 9.17) is 22.0 Å². The average Bonchev–Trinajstić information content (AvgIpc) is 2.01. The molecule has 1 unspecified atom stereocenters. The summed E-state index contributed by atoms with van der Waals surface area (Å²) in [5, 5.41) is 15.2. The zero-order valence-corrected chi connectivity index (χ0v) is 8.67. The van der Waals surface area contributed by atoms with Crippen LogP contribution in [-0.2, 0) is 4.79 Å². The van der Waals surface area contributed by atoms with Gasteiger partial charge in [0.15, 0.2) is 11.1 Å². The Hall–Kier alpha value is -1.24. The van der Waals surface area contributed by atoms with Crippen LogP contribution in [0.15, 0.2) is 4.99 Å². The third kappa shape index (κ3) is 5.41. The molecule has 0 bridgehead atoms. The topological polar surface area (TPSA) is 126 Å². The molecule has 0 spiro atoms. The van der Waals surface area contributed by atoms with Gasteiger partial charge in [0.25, 0.3) is 0 Å². The van der Waals surface area contributed by atoms with Crippen LogP contribution in [0.2, 0.25) is 0 Å². The van der Waals surface area contributed by atoms with E-state index in [9.17, 15) is 4.79 Å². The molecule has 7 heteroatoms. The van der Waals surface area contributed by atoms with Gasteiger partial charge in [0.1, 0.15) is 5.25 Å². The lowest BCUT2D eigenvalue weighted by Gasteiger charge is -2.08. The maximum Gasteiger partial charge on any atom is 0.317 e. The maximum absolute atomic E-state index is 10.7. The average molecular weight is 218 g/mol. The van der Waals surface area contributed by atoms with Crippen molar-refractivity contribution >= 4 is 28.9 Å². The molecule has 0 aliphatic carbocycles. The molecule has 0 aromatic heterocycles. The van der Waals surface area contributed by atoms with Gasteiger partial charge >= 0.3 is 5.97 Å². The van der Waals surface area contributed by atoms with Crippen LogP contribution >= 0.6 is 11.8 Å². The number of nitrogens with zero attached hydrogens (tertiary/aromatic N) is 1. The Morgan fingerprint density at radius 2 is 2.21 bits per heavy atom. The zero-order valence-electron chi connectivity index (χ0n) is 7.86. The first-order valence-electron chi connectivity index (χ1n) is 4.05. The maximum atomic E-state index is 10.7. The molecule has 1 atom stereocenters. The quantitative estimate of drug-likeness (QED) is 0.395. The normalized spacial score (nSPS) is 11.8. The predicted octanol–water partition coefficient (Wildman–Crippen LogP) is 0.181. The van der Waals surface area contributed by atoms with E-state index >= 15 is 0 Å². The van der Waals surface area contributed by atoms with Crippen LogP contribution in [0.25, 0.3) is 0 Å². The number of guanidine groups is 1. The van der Waals surface area contributed by atoms with E-state index in [1.165, 1.54) is 0 Å². The lowest BCUT2D eigenvalue weighted by molar-refractivity contribution is -0.136. The minimum atomic E-state index is -0.951. The van der Waals surface area contributed by atoms with Gasteiger partial charge in [-0.3, -0.25) is 10.2 Å². The molecule has 0 saturated carbocycles. The number of thioether (sulfide) groups is 1. The van der Waals surface area contributed by atoms with Crippen LogP contribution < -0.4 is 11.5 Å². The Labute approximate surface area is 86.3 Å². The Balaban J connectivity index is 4.23. The van der Waals surface area contributed by atoms with E-state index in [2.05, 4.69) is 4.99 Å². The molecular weight excluding hydrogens is 204 g/mol. The number of carbonyl (C=O) groups is 1. The highest BCUT2D eigenvalue weighted by Crippen LogP contribution is 2.18. The summed E-state index contributed by atoms with van der Waals surface area (Å²) in [7, 11) is 0. The summed E-state index contributed by atoms with van der Waals surface area (Å²) in [6.45, 7) is 1.88. The first-order chi connectivity index (χ1) is 6.47. The van der Waals surface area contributed by atoms with Crippen molar-refractivity contribution in [3.05, 3.63) is 0 Å². The number of aliphatic imine (C=N–C) groups is 1. The van der Waals surface area contributed by atoms with Crippen LogP contribution in [0.3, 0.4) is 0 Å². The Morgan fingerprint density at radius 1 is 1.64 bits per heavy atom. The van der Waals surface area contributed by atoms with Crippen molar-refractivity contribution in [3.63, 3.8) is 0 Å². The third-order valence-corrected chi connectivity index (χ3v) is 2.35. The van der Waals surface area contributed by atoms with Gasteiger partial charge in [0.05, 0.1) is 0 Å². The molecule has 0 aromatic carbocycles. The third-order valence-electron chi connectivity index (χ3n) is 1.31. The van der Waals surface area contributed by atoms with Crippen molar-refractivity contribution in [2.45, 2.75) is 25.0 Å². The number of aliphatic carboxylic acids is 1. The Morgan fingerprint density at radius 3 is 2.57 bits per heavy atom. The van der Waals surface area contributed by atoms with Crippen molar-refractivity contribution in [1.82, 2.24) is 0 Å². The highest BCUT2D eigenvalue weighted by atomic mass is 32.2. The van der Waals surface area contributed by atoms with Gasteiger partial charge in [-0.15, -0.1) is 0 Å². The monoisotopic (exact) mass is 218 g/mol. The Bertz CT molecular complexity index is 250. The molecule has 0 aromatic rings. The molecule has 6 N–H and O–H groups in total. The summed E-state index contributed by atoms with van der Waals surface area (Å²) in [6, 6.07) is 0. The largest absolute Gasteiger partial charge is 0.480 e. The molecule has 6 nitrogen and oxygen atoms in total. The number of nitrogens with one attached hydrogen (secondary N) is 1. The van der Waals surface area contributed by atoms with Crippen molar-refractivity contribution in [3.8, 4) is 0 Å². The molecule has 0 radical (unpaired) electrons. The molecule has 0 amide bonds. The van der Waals surface area contributed by atoms with Crippen LogP contribution in [0.1, 0.15) is 19.8 Å². The van der Waals surface area contributed by atoms with Crippen molar-refractivity contribution < 1.29 is 9.90 Å². The molecule has 0 fully saturated rings. The summed E-state index contributed by atoms with van der Waals surface area (Å²) in [5.41, 5.74) is 10.1. The number of hydrogen-bond acceptors (Lipinski definition) is 3. The minimum Gasteiger partial charge on any atom is -0.480 e. The van der Waals surface area contributed by atoms with E-state index in [0.29, 0.717) is 6.42 Å². The van der Waals surface area contributed by atoms with E-state index in [1.807, 2.05) is 6.92 Å². The van der Waals surface area contributed by atoms with E-state index in [1.54, 1.807) is 0 Å². The molecule has 0 aliphatic heterocycles. The number of rotatable bonds is 4. The van der Waals surface area contributed by atoms with Crippen molar-refractivity contribution in [1.29, 1.82) is 5.41 Å². The number of nitrogens with two attached hydrogens (primary N) is 2. The SMILES string of the molecule is CCCC(SC(=N)N=C(N)N)C(=O)O. The number of hydrogen-bond donors (Lipinski definition) is 4. The second-order valence-electron chi connectivity index (χ2n) is 2.58. The smallest absolute Gasteiger partial charge is 0.317 e. The fraction of sp³-hybridized carbons (Fsp3) is 0.571. The molecule has 80 valence electrons. The van der Waals surface area contributed by atoms with E-state index in [0.717, 1.165) is 18.2 Å². The van der Waals surface area contributed by atoms with Gasteiger partial charge in [0.2, 0.25) is 0 Å². The highest BCUT2D eigenvalue weighted by Gasteiger charge is 2.18. The standard InChI is InChI=1S/C7H14N4O2S/c1-2-3-4(5(12)13)14-7(10)11-6(8)9/h4H,2-3H2,1H3,(H,12,13)(H5,8,9,10,11). The number of carboxylic acids is 1. The van der Waals surface area contributed by atoms with Crippen LogP contribution in [0.4, 0.5) is 0 Å². The van der Waals surface area contributed by atoms with Crippen molar-refractivity contribution in [2.75, 3.05) is 0 Å². The van der Waals surface area contributed by atoms with Gasteiger partial charge in [-0.05, 0) is 6.42 Å². The summed E-state index contributed by atoms with van der Waals surface area (Å²) in [4.78, 5) is 14.1. The fourth-order valence-electron chi connectivity index (χ4n) is 0.773. The summed E-state index contributed by atoms with van der Waals surface area (Å²) in [6.07, 6.45) is 1.22. The van der Waals surface area contributed by atoms with Gasteiger partial charge < -0.3 is 16.6 Å². The summed E-state index contributed by atoms with van der Waals surface area (Å²) >= 11 is 0.842. The fourth-order valence-corrected chi connectivity index (χ4v) is 1.66. The predicted molar refractivity (Wildman–Crippen MR) is 57.5 cm³/mol. The number of amidine groups is 1. The van der Waals surface area contributed by atoms with E-state index in [-0.39, 0.29) is 11.1 Å². The molecule has 0 saturated heterocycles. The highest BCUT2D eigenvalue weighted by molar-refractivity contribution is 8.14. The van der Waals surface area contributed by atoms with Gasteiger partial charge in [-0.25, -0.2) is 0 Å². The molecular formula is C7H14N4O2S. The first-order valence-corrected chi connectivity index (χ1v) is 4.93. The van der Waals surface area contributed by atoms with Crippen LogP contribution in [-0.4, -0.2) is 27.5 Å². The van der Waals surface area contributed by atoms with Gasteiger partial charge in [-0.2, -0.15) is 4.99 Å². The zero-order chi connectivity index (χ0) is 11.1. The molecule has 14 heavy (non-hydrogen) atoms. The molecule has 0 rings (SSSR count). The number of carboxylic acid groups (broad SMARTS) is 1.